The van der Waals surface area contributed by atoms with Gasteiger partial charge in [0.25, 0.3) is 0 Å². The largest absolute Gasteiger partial charge is 0.255 e. The van der Waals surface area contributed by atoms with Crippen LogP contribution in [-0.2, 0) is 5.41 Å². The Morgan fingerprint density at radius 1 is 0.488 bits per heavy atom. The fourth-order valence-corrected chi connectivity index (χ4v) is 6.41. The van der Waals surface area contributed by atoms with Crippen molar-refractivity contribution in [2.45, 2.75) is 19.3 Å². The van der Waals surface area contributed by atoms with E-state index in [0.29, 0.717) is 17.5 Å². The predicted octanol–water partition coefficient (Wildman–Crippen LogP) is 9.39. The second kappa shape index (κ2) is 9.81. The molecule has 0 fully saturated rings. The third-order valence-corrected chi connectivity index (χ3v) is 8.55. The fourth-order valence-electron chi connectivity index (χ4n) is 6.41. The Labute approximate surface area is 250 Å². The van der Waals surface area contributed by atoms with Crippen LogP contribution in [0.5, 0.6) is 0 Å². The molecule has 0 aliphatic heterocycles. The summed E-state index contributed by atoms with van der Waals surface area (Å²) >= 11 is 0. The van der Waals surface area contributed by atoms with E-state index in [1.807, 2.05) is 66.9 Å². The van der Waals surface area contributed by atoms with Gasteiger partial charge in [-0.05, 0) is 51.2 Å². The van der Waals surface area contributed by atoms with Crippen LogP contribution < -0.4 is 0 Å². The first-order valence-electron chi connectivity index (χ1n) is 14.6. The van der Waals surface area contributed by atoms with Crippen LogP contribution in [0.1, 0.15) is 25.0 Å². The van der Waals surface area contributed by atoms with E-state index in [2.05, 4.69) is 80.6 Å². The summed E-state index contributed by atoms with van der Waals surface area (Å²) in [6.07, 6.45) is 1.85. The number of hydrogen-bond donors (Lipinski definition) is 0. The maximum Gasteiger partial charge on any atom is 0.165 e. The highest BCUT2D eigenvalue weighted by Gasteiger charge is 2.37. The molecule has 43 heavy (non-hydrogen) atoms. The van der Waals surface area contributed by atoms with Gasteiger partial charge in [0.15, 0.2) is 17.5 Å². The molecule has 0 radical (unpaired) electrons. The minimum absolute atomic E-state index is 0.115. The summed E-state index contributed by atoms with van der Waals surface area (Å²) in [5.41, 5.74) is 9.84. The molecule has 0 bridgehead atoms. The van der Waals surface area contributed by atoms with Gasteiger partial charge in [0.1, 0.15) is 0 Å². The summed E-state index contributed by atoms with van der Waals surface area (Å²) < 4.78 is 0. The van der Waals surface area contributed by atoms with Gasteiger partial charge in [-0.15, -0.1) is 0 Å². The Hall–Kier alpha value is -5.48. The lowest BCUT2D eigenvalue weighted by atomic mass is 9.80. The Morgan fingerprint density at radius 2 is 1.12 bits per heavy atom. The predicted molar refractivity (Wildman–Crippen MR) is 174 cm³/mol. The minimum Gasteiger partial charge on any atom is -0.255 e. The van der Waals surface area contributed by atoms with Crippen molar-refractivity contribution in [3.05, 3.63) is 145 Å². The van der Waals surface area contributed by atoms with Crippen molar-refractivity contribution in [2.75, 3.05) is 0 Å². The number of aromatic nitrogens is 4. The van der Waals surface area contributed by atoms with E-state index < -0.39 is 0 Å². The molecule has 0 unspecified atom stereocenters. The molecule has 2 heterocycles. The zero-order valence-electron chi connectivity index (χ0n) is 24.0. The highest BCUT2D eigenvalue weighted by atomic mass is 15.0. The summed E-state index contributed by atoms with van der Waals surface area (Å²) in [4.78, 5) is 19.6. The van der Waals surface area contributed by atoms with E-state index >= 15 is 0 Å². The first-order chi connectivity index (χ1) is 21.1. The third-order valence-electron chi connectivity index (χ3n) is 8.55. The molecule has 0 saturated carbocycles. The standard InChI is InChI=1S/C39H28N4/c1-39(2)33-21-18-28(23-32(33)31-20-17-25-11-9-10-16-30(25)35(31)39)37-41-36(27-14-7-4-8-15-27)42-38(43-37)29-19-22-34(40-24-29)26-12-5-3-6-13-26/h3-24H,1-2H3. The SMILES string of the molecule is CC1(C)c2ccc(-c3nc(-c4ccccc4)nc(-c4ccc(-c5ccccc5)nc4)n3)cc2-c2ccc3ccccc3c21. The molecule has 0 amide bonds. The van der Waals surface area contributed by atoms with Gasteiger partial charge in [-0.25, -0.2) is 15.0 Å². The number of rotatable bonds is 4. The molecule has 0 N–H and O–H groups in total. The van der Waals surface area contributed by atoms with Crippen molar-refractivity contribution in [1.29, 1.82) is 0 Å². The third kappa shape index (κ3) is 4.22. The molecule has 4 nitrogen and oxygen atoms in total. The van der Waals surface area contributed by atoms with E-state index in [0.717, 1.165) is 27.9 Å². The molecule has 8 rings (SSSR count). The van der Waals surface area contributed by atoms with Gasteiger partial charge in [-0.1, -0.05) is 123 Å². The Bertz CT molecular complexity index is 2130. The maximum absolute atomic E-state index is 5.01. The van der Waals surface area contributed by atoms with Gasteiger partial charge in [0.2, 0.25) is 0 Å². The highest BCUT2D eigenvalue weighted by molar-refractivity contribution is 5.98. The second-order valence-corrected chi connectivity index (χ2v) is 11.6. The van der Waals surface area contributed by atoms with Gasteiger partial charge < -0.3 is 0 Å². The topological polar surface area (TPSA) is 51.6 Å². The molecular weight excluding hydrogens is 524 g/mol. The van der Waals surface area contributed by atoms with Crippen LogP contribution >= 0.6 is 0 Å². The number of benzene rings is 5. The average molecular weight is 553 g/mol. The van der Waals surface area contributed by atoms with Gasteiger partial charge >= 0.3 is 0 Å². The van der Waals surface area contributed by atoms with E-state index in [4.69, 9.17) is 19.9 Å². The number of fused-ring (bicyclic) bond motifs is 5. The van der Waals surface area contributed by atoms with E-state index in [1.54, 1.807) is 0 Å². The van der Waals surface area contributed by atoms with E-state index in [1.165, 1.54) is 33.0 Å². The van der Waals surface area contributed by atoms with Crippen molar-refractivity contribution >= 4 is 10.8 Å². The zero-order chi connectivity index (χ0) is 29.0. The van der Waals surface area contributed by atoms with Crippen molar-refractivity contribution in [3.8, 4) is 56.5 Å². The van der Waals surface area contributed by atoms with Gasteiger partial charge in [-0.3, -0.25) is 4.98 Å². The van der Waals surface area contributed by atoms with Crippen LogP contribution in [0.2, 0.25) is 0 Å². The molecule has 1 aliphatic carbocycles. The normalized spacial score (nSPS) is 13.1. The average Bonchev–Trinajstić information content (AvgIpc) is 3.31. The highest BCUT2D eigenvalue weighted by Crippen LogP contribution is 2.52. The Balaban J connectivity index is 1.27. The number of pyridine rings is 1. The first-order valence-corrected chi connectivity index (χ1v) is 14.6. The van der Waals surface area contributed by atoms with Crippen molar-refractivity contribution in [3.63, 3.8) is 0 Å². The first kappa shape index (κ1) is 25.2. The number of nitrogens with zero attached hydrogens (tertiary/aromatic N) is 4. The van der Waals surface area contributed by atoms with E-state index in [9.17, 15) is 0 Å². The van der Waals surface area contributed by atoms with Crippen molar-refractivity contribution < 1.29 is 0 Å². The molecule has 4 heteroatoms. The molecule has 1 aliphatic rings. The summed E-state index contributed by atoms with van der Waals surface area (Å²) in [5.74, 6) is 1.88. The molecule has 0 spiro atoms. The molecule has 0 saturated heterocycles. The maximum atomic E-state index is 5.01. The van der Waals surface area contributed by atoms with E-state index in [-0.39, 0.29) is 5.41 Å². The Morgan fingerprint density at radius 3 is 1.84 bits per heavy atom. The lowest BCUT2D eigenvalue weighted by Crippen LogP contribution is -2.15. The fraction of sp³-hybridized carbons (Fsp3) is 0.0769. The summed E-state index contributed by atoms with van der Waals surface area (Å²) in [6, 6.07) is 44.1. The number of hydrogen-bond acceptors (Lipinski definition) is 4. The second-order valence-electron chi connectivity index (χ2n) is 11.6. The monoisotopic (exact) mass is 552 g/mol. The zero-order valence-corrected chi connectivity index (χ0v) is 24.0. The van der Waals surface area contributed by atoms with Crippen LogP contribution in [-0.4, -0.2) is 19.9 Å². The van der Waals surface area contributed by atoms with Crippen LogP contribution in [0.15, 0.2) is 134 Å². The van der Waals surface area contributed by atoms with Crippen LogP contribution in [0, 0.1) is 0 Å². The minimum atomic E-state index is -0.115. The summed E-state index contributed by atoms with van der Waals surface area (Å²) in [5, 5.41) is 2.58. The van der Waals surface area contributed by atoms with Gasteiger partial charge in [0.05, 0.1) is 5.69 Å². The molecule has 5 aromatic carbocycles. The summed E-state index contributed by atoms with van der Waals surface area (Å²) in [6.45, 7) is 4.65. The van der Waals surface area contributed by atoms with Crippen molar-refractivity contribution in [2.24, 2.45) is 0 Å². The van der Waals surface area contributed by atoms with Crippen LogP contribution in [0.4, 0.5) is 0 Å². The van der Waals surface area contributed by atoms with Gasteiger partial charge in [-0.2, -0.15) is 0 Å². The lowest BCUT2D eigenvalue weighted by molar-refractivity contribution is 0.666. The van der Waals surface area contributed by atoms with Crippen molar-refractivity contribution in [1.82, 2.24) is 19.9 Å². The van der Waals surface area contributed by atoms with Gasteiger partial charge in [0, 0.05) is 33.9 Å². The molecular formula is C39H28N4. The quantitative estimate of drug-likeness (QED) is 0.218. The molecule has 2 aromatic heterocycles. The molecule has 0 atom stereocenters. The lowest BCUT2D eigenvalue weighted by Gasteiger charge is -2.23. The Kier molecular flexibility index (Phi) is 5.76. The van der Waals surface area contributed by atoms with Crippen LogP contribution in [0.25, 0.3) is 67.3 Å². The molecule has 204 valence electrons. The van der Waals surface area contributed by atoms with Crippen LogP contribution in [0.3, 0.4) is 0 Å². The summed E-state index contributed by atoms with van der Waals surface area (Å²) in [7, 11) is 0. The molecule has 7 aromatic rings. The smallest absolute Gasteiger partial charge is 0.165 e.